The molecule has 1 amide bonds. The van der Waals surface area contributed by atoms with Gasteiger partial charge >= 0.3 is 0 Å². The van der Waals surface area contributed by atoms with Crippen LogP contribution in [-0.4, -0.2) is 35.1 Å². The van der Waals surface area contributed by atoms with Gasteiger partial charge in [-0.25, -0.2) is 0 Å². The summed E-state index contributed by atoms with van der Waals surface area (Å²) in [5.41, 5.74) is 0. The number of carbonyl (C=O) groups excluding carboxylic acids is 1. The SMILES string of the molecule is CC(C)C(=O)N1CCC[C@@H]1CO. The third-order valence-corrected chi connectivity index (χ3v) is 2.36. The third kappa shape index (κ3) is 1.78. The van der Waals surface area contributed by atoms with Crippen LogP contribution in [-0.2, 0) is 4.79 Å². The Hall–Kier alpha value is -0.570. The second kappa shape index (κ2) is 3.90. The van der Waals surface area contributed by atoms with Crippen LogP contribution in [0.5, 0.6) is 0 Å². The molecule has 12 heavy (non-hydrogen) atoms. The van der Waals surface area contributed by atoms with E-state index in [0.29, 0.717) is 0 Å². The van der Waals surface area contributed by atoms with Crippen LogP contribution >= 0.6 is 0 Å². The van der Waals surface area contributed by atoms with Crippen molar-refractivity contribution in [2.75, 3.05) is 13.2 Å². The zero-order valence-corrected chi connectivity index (χ0v) is 7.79. The number of rotatable bonds is 2. The summed E-state index contributed by atoms with van der Waals surface area (Å²) in [6.07, 6.45) is 1.98. The highest BCUT2D eigenvalue weighted by Gasteiger charge is 2.28. The Morgan fingerprint density at radius 3 is 2.83 bits per heavy atom. The van der Waals surface area contributed by atoms with Crippen LogP contribution < -0.4 is 0 Å². The van der Waals surface area contributed by atoms with Crippen molar-refractivity contribution in [2.45, 2.75) is 32.7 Å². The van der Waals surface area contributed by atoms with E-state index in [2.05, 4.69) is 0 Å². The monoisotopic (exact) mass is 171 g/mol. The lowest BCUT2D eigenvalue weighted by atomic mass is 10.1. The molecule has 0 radical (unpaired) electrons. The predicted molar refractivity (Wildman–Crippen MR) is 46.7 cm³/mol. The van der Waals surface area contributed by atoms with Crippen molar-refractivity contribution >= 4 is 5.91 Å². The summed E-state index contributed by atoms with van der Waals surface area (Å²) in [4.78, 5) is 13.3. The van der Waals surface area contributed by atoms with Crippen molar-refractivity contribution in [3.63, 3.8) is 0 Å². The van der Waals surface area contributed by atoms with E-state index in [0.717, 1.165) is 19.4 Å². The van der Waals surface area contributed by atoms with Crippen molar-refractivity contribution in [1.82, 2.24) is 4.90 Å². The Morgan fingerprint density at radius 2 is 2.33 bits per heavy atom. The zero-order valence-electron chi connectivity index (χ0n) is 7.79. The van der Waals surface area contributed by atoms with Gasteiger partial charge in [-0.1, -0.05) is 13.8 Å². The van der Waals surface area contributed by atoms with E-state index in [1.807, 2.05) is 18.7 Å². The van der Waals surface area contributed by atoms with Crippen LogP contribution in [0.15, 0.2) is 0 Å². The molecule has 1 fully saturated rings. The van der Waals surface area contributed by atoms with Crippen LogP contribution in [0.1, 0.15) is 26.7 Å². The highest BCUT2D eigenvalue weighted by atomic mass is 16.3. The molecule has 3 nitrogen and oxygen atoms in total. The standard InChI is InChI=1S/C9H17NO2/c1-7(2)9(12)10-5-3-4-8(10)6-11/h7-8,11H,3-6H2,1-2H3/t8-/m1/s1. The lowest BCUT2D eigenvalue weighted by molar-refractivity contribution is -0.135. The lowest BCUT2D eigenvalue weighted by Gasteiger charge is -2.24. The van der Waals surface area contributed by atoms with Gasteiger partial charge in [0.2, 0.25) is 5.91 Å². The number of aliphatic hydroxyl groups is 1. The molecule has 0 bridgehead atoms. The highest BCUT2D eigenvalue weighted by molar-refractivity contribution is 5.78. The number of amides is 1. The summed E-state index contributed by atoms with van der Waals surface area (Å²) >= 11 is 0. The average molecular weight is 171 g/mol. The van der Waals surface area contributed by atoms with Gasteiger partial charge in [-0.2, -0.15) is 0 Å². The molecular weight excluding hydrogens is 154 g/mol. The Morgan fingerprint density at radius 1 is 1.67 bits per heavy atom. The Labute approximate surface area is 73.4 Å². The summed E-state index contributed by atoms with van der Waals surface area (Å²) < 4.78 is 0. The second-order valence-electron chi connectivity index (χ2n) is 3.66. The number of hydrogen-bond acceptors (Lipinski definition) is 2. The molecule has 1 saturated heterocycles. The Balaban J connectivity index is 2.55. The van der Waals surface area contributed by atoms with Gasteiger partial charge in [0, 0.05) is 12.5 Å². The van der Waals surface area contributed by atoms with Gasteiger partial charge in [0.1, 0.15) is 0 Å². The van der Waals surface area contributed by atoms with E-state index in [1.54, 1.807) is 0 Å². The first-order valence-electron chi connectivity index (χ1n) is 4.58. The molecule has 3 heteroatoms. The molecule has 1 N–H and O–H groups in total. The lowest BCUT2D eigenvalue weighted by Crippen LogP contribution is -2.39. The van der Waals surface area contributed by atoms with Gasteiger partial charge in [0.15, 0.2) is 0 Å². The molecule has 0 saturated carbocycles. The number of nitrogens with zero attached hydrogens (tertiary/aromatic N) is 1. The van der Waals surface area contributed by atoms with Gasteiger partial charge in [0.05, 0.1) is 12.6 Å². The van der Waals surface area contributed by atoms with Gasteiger partial charge < -0.3 is 10.0 Å². The molecule has 1 heterocycles. The molecule has 1 atom stereocenters. The van der Waals surface area contributed by atoms with Crippen LogP contribution in [0.3, 0.4) is 0 Å². The molecule has 0 aromatic carbocycles. The fraction of sp³-hybridized carbons (Fsp3) is 0.889. The van der Waals surface area contributed by atoms with Gasteiger partial charge in [-0.15, -0.1) is 0 Å². The normalized spacial score (nSPS) is 23.7. The first-order chi connectivity index (χ1) is 5.66. The summed E-state index contributed by atoms with van der Waals surface area (Å²) in [6, 6.07) is 0.0832. The van der Waals surface area contributed by atoms with E-state index in [1.165, 1.54) is 0 Å². The van der Waals surface area contributed by atoms with E-state index >= 15 is 0 Å². The van der Waals surface area contributed by atoms with Crippen LogP contribution in [0.25, 0.3) is 0 Å². The Bertz CT molecular complexity index is 168. The maximum atomic E-state index is 11.5. The minimum Gasteiger partial charge on any atom is -0.394 e. The number of hydrogen-bond donors (Lipinski definition) is 1. The van der Waals surface area contributed by atoms with E-state index in [-0.39, 0.29) is 24.5 Å². The average Bonchev–Trinajstić information content (AvgIpc) is 2.49. The molecular formula is C9H17NO2. The third-order valence-electron chi connectivity index (χ3n) is 2.36. The number of aliphatic hydroxyl groups excluding tert-OH is 1. The van der Waals surface area contributed by atoms with Crippen molar-refractivity contribution in [3.8, 4) is 0 Å². The predicted octanol–water partition coefficient (Wildman–Crippen LogP) is 0.626. The summed E-state index contributed by atoms with van der Waals surface area (Å²) in [5.74, 6) is 0.226. The minimum atomic E-state index is 0.0529. The molecule has 1 aliphatic heterocycles. The van der Waals surface area contributed by atoms with Crippen LogP contribution in [0.4, 0.5) is 0 Å². The number of likely N-dealkylation sites (tertiary alicyclic amines) is 1. The largest absolute Gasteiger partial charge is 0.394 e. The topological polar surface area (TPSA) is 40.5 Å². The molecule has 1 rings (SSSR count). The molecule has 0 aromatic rings. The first-order valence-corrected chi connectivity index (χ1v) is 4.58. The fourth-order valence-electron chi connectivity index (χ4n) is 1.65. The van der Waals surface area contributed by atoms with E-state index in [9.17, 15) is 4.79 Å². The maximum absolute atomic E-state index is 11.5. The van der Waals surface area contributed by atoms with Crippen molar-refractivity contribution in [1.29, 1.82) is 0 Å². The molecule has 0 unspecified atom stereocenters. The quantitative estimate of drug-likeness (QED) is 0.662. The molecule has 1 aliphatic rings. The highest BCUT2D eigenvalue weighted by Crippen LogP contribution is 2.18. The van der Waals surface area contributed by atoms with Gasteiger partial charge in [-0.05, 0) is 12.8 Å². The molecule has 0 aliphatic carbocycles. The van der Waals surface area contributed by atoms with E-state index < -0.39 is 0 Å². The summed E-state index contributed by atoms with van der Waals surface area (Å²) in [7, 11) is 0. The fourth-order valence-corrected chi connectivity index (χ4v) is 1.65. The van der Waals surface area contributed by atoms with E-state index in [4.69, 9.17) is 5.11 Å². The van der Waals surface area contributed by atoms with Crippen molar-refractivity contribution in [3.05, 3.63) is 0 Å². The second-order valence-corrected chi connectivity index (χ2v) is 3.66. The molecule has 70 valence electrons. The van der Waals surface area contributed by atoms with Crippen molar-refractivity contribution in [2.24, 2.45) is 5.92 Å². The zero-order chi connectivity index (χ0) is 9.14. The van der Waals surface area contributed by atoms with Crippen LogP contribution in [0.2, 0.25) is 0 Å². The summed E-state index contributed by atoms with van der Waals surface area (Å²) in [6.45, 7) is 4.73. The smallest absolute Gasteiger partial charge is 0.225 e. The van der Waals surface area contributed by atoms with Crippen LogP contribution in [0, 0.1) is 5.92 Å². The summed E-state index contributed by atoms with van der Waals surface area (Å²) in [5, 5.41) is 8.97. The molecule has 0 aromatic heterocycles. The molecule has 0 spiro atoms. The van der Waals surface area contributed by atoms with Crippen molar-refractivity contribution < 1.29 is 9.90 Å². The maximum Gasteiger partial charge on any atom is 0.225 e. The minimum absolute atomic E-state index is 0.0529. The first kappa shape index (κ1) is 9.52. The Kier molecular flexibility index (Phi) is 3.09. The van der Waals surface area contributed by atoms with Gasteiger partial charge in [-0.3, -0.25) is 4.79 Å². The number of carbonyl (C=O) groups is 1. The van der Waals surface area contributed by atoms with Gasteiger partial charge in [0.25, 0.3) is 0 Å².